The van der Waals surface area contributed by atoms with E-state index < -0.39 is 12.1 Å². The Morgan fingerprint density at radius 3 is 1.01 bits per heavy atom. The average Bonchev–Trinajstić information content (AvgIpc) is 3.99. The van der Waals surface area contributed by atoms with Gasteiger partial charge in [-0.1, -0.05) is 389 Å². The van der Waals surface area contributed by atoms with Crippen LogP contribution in [-0.2, 0) is 4.74 Å². The first-order valence-corrected chi connectivity index (χ1v) is 37.9. The summed E-state index contributed by atoms with van der Waals surface area (Å²) in [5.41, 5.74) is 6.63. The van der Waals surface area contributed by atoms with Gasteiger partial charge in [-0.2, -0.15) is 0 Å². The highest BCUT2D eigenvalue weighted by atomic mass is 16.6. The smallest absolute Gasteiger partial charge is 0.407 e. The number of hydrogen-bond donors (Lipinski definition) is 1. The number of amides is 1. The van der Waals surface area contributed by atoms with Crippen molar-refractivity contribution in [2.45, 2.75) is 341 Å². The number of nitrogens with one attached hydrogen (secondary N) is 1. The molecule has 1 atom stereocenters. The SMILES string of the molecule is CCCCCCCCCCCCCCCCCCOc1ccc(C(NC(=O)OCC2c3ccccc3-c3ccccc32)c2ccccc2)c(OCCCCCCCCCCCCCCCCCC)c1OCCCCCCCCCCCCCCCCCC. The molecule has 0 fully saturated rings. The van der Waals surface area contributed by atoms with Crippen LogP contribution in [0.4, 0.5) is 4.79 Å². The summed E-state index contributed by atoms with van der Waals surface area (Å²) in [7, 11) is 0. The normalized spacial score (nSPS) is 12.3. The third-order valence-electron chi connectivity index (χ3n) is 18.9. The van der Waals surface area contributed by atoms with Crippen LogP contribution in [0.3, 0.4) is 0 Å². The van der Waals surface area contributed by atoms with Gasteiger partial charge < -0.3 is 24.3 Å². The highest BCUT2D eigenvalue weighted by Crippen LogP contribution is 2.46. The number of rotatable bonds is 59. The van der Waals surface area contributed by atoms with Crippen LogP contribution in [0.2, 0.25) is 0 Å². The van der Waals surface area contributed by atoms with Crippen molar-refractivity contribution in [3.63, 3.8) is 0 Å². The van der Waals surface area contributed by atoms with Crippen molar-refractivity contribution in [3.8, 4) is 28.4 Å². The van der Waals surface area contributed by atoms with Gasteiger partial charge in [-0.15, -0.1) is 0 Å². The van der Waals surface area contributed by atoms with Gasteiger partial charge in [0, 0.05) is 11.5 Å². The van der Waals surface area contributed by atoms with Crippen molar-refractivity contribution < 1.29 is 23.7 Å². The molecule has 1 N–H and O–H groups in total. The van der Waals surface area contributed by atoms with E-state index in [0.717, 1.165) is 55.4 Å². The average molecular weight is 1210 g/mol. The topological polar surface area (TPSA) is 66.0 Å². The van der Waals surface area contributed by atoms with E-state index in [1.54, 1.807) is 0 Å². The molecule has 88 heavy (non-hydrogen) atoms. The highest BCUT2D eigenvalue weighted by Gasteiger charge is 2.31. The minimum Gasteiger partial charge on any atom is -0.490 e. The van der Waals surface area contributed by atoms with Gasteiger partial charge in [0.05, 0.1) is 25.9 Å². The van der Waals surface area contributed by atoms with Crippen LogP contribution in [0.15, 0.2) is 91.0 Å². The Hall–Kier alpha value is -4.45. The molecule has 0 saturated heterocycles. The second-order valence-electron chi connectivity index (χ2n) is 26.6. The van der Waals surface area contributed by atoms with E-state index in [2.05, 4.69) is 98.9 Å². The molecule has 0 spiro atoms. The lowest BCUT2D eigenvalue weighted by atomic mass is 9.97. The number of unbranched alkanes of at least 4 members (excludes halogenated alkanes) is 45. The minimum absolute atomic E-state index is 0.0396. The van der Waals surface area contributed by atoms with Crippen molar-refractivity contribution in [2.24, 2.45) is 0 Å². The summed E-state index contributed by atoms with van der Waals surface area (Å²) in [5, 5.41) is 3.36. The molecule has 6 nitrogen and oxygen atoms in total. The number of carbonyl (C=O) groups is 1. The zero-order chi connectivity index (χ0) is 61.8. The Morgan fingerprint density at radius 2 is 0.648 bits per heavy atom. The van der Waals surface area contributed by atoms with Crippen LogP contribution < -0.4 is 19.5 Å². The molecule has 6 heteroatoms. The number of alkyl carbamates (subject to hydrolysis) is 1. The Bertz CT molecular complexity index is 2230. The van der Waals surface area contributed by atoms with Gasteiger partial charge >= 0.3 is 6.09 Å². The van der Waals surface area contributed by atoms with Gasteiger partial charge in [-0.05, 0) is 59.2 Å². The number of ether oxygens (including phenoxy) is 4. The molecule has 0 radical (unpaired) electrons. The second kappa shape index (κ2) is 51.2. The first-order valence-electron chi connectivity index (χ1n) is 37.9. The maximum Gasteiger partial charge on any atom is 0.407 e. The molecule has 1 aliphatic carbocycles. The van der Waals surface area contributed by atoms with Crippen molar-refractivity contribution in [1.29, 1.82) is 0 Å². The number of carbonyl (C=O) groups excluding carboxylic acids is 1. The van der Waals surface area contributed by atoms with Crippen LogP contribution >= 0.6 is 0 Å². The molecule has 1 aliphatic rings. The van der Waals surface area contributed by atoms with Crippen LogP contribution in [0.1, 0.15) is 363 Å². The fourth-order valence-electron chi connectivity index (χ4n) is 13.4. The first kappa shape index (κ1) is 74.3. The Labute approximate surface area is 541 Å². The Kier molecular flexibility index (Phi) is 43.2. The van der Waals surface area contributed by atoms with Crippen molar-refractivity contribution in [2.75, 3.05) is 26.4 Å². The van der Waals surface area contributed by atoms with E-state index in [-0.39, 0.29) is 12.5 Å². The van der Waals surface area contributed by atoms with Gasteiger partial charge in [0.1, 0.15) is 6.61 Å². The molecule has 0 bridgehead atoms. The summed E-state index contributed by atoms with van der Waals surface area (Å²) in [6.07, 6.45) is 63.5. The maximum absolute atomic E-state index is 14.4. The lowest BCUT2D eigenvalue weighted by Gasteiger charge is -2.26. The highest BCUT2D eigenvalue weighted by molar-refractivity contribution is 5.79. The Balaban J connectivity index is 1.22. The summed E-state index contributed by atoms with van der Waals surface area (Å²) >= 11 is 0. The molecular weight excluding hydrogens is 1080 g/mol. The van der Waals surface area contributed by atoms with E-state index >= 15 is 0 Å². The first-order chi connectivity index (χ1) is 43.7. The van der Waals surface area contributed by atoms with Gasteiger partial charge in [0.15, 0.2) is 11.5 Å². The molecule has 0 heterocycles. The second-order valence-corrected chi connectivity index (χ2v) is 26.6. The van der Waals surface area contributed by atoms with E-state index in [1.807, 2.05) is 18.2 Å². The van der Waals surface area contributed by atoms with Crippen LogP contribution in [0.25, 0.3) is 11.1 Å². The molecule has 4 aromatic rings. The molecule has 1 amide bonds. The molecule has 494 valence electrons. The third kappa shape index (κ3) is 32.0. The number of fused-ring (bicyclic) bond motifs is 3. The molecule has 1 unspecified atom stereocenters. The van der Waals surface area contributed by atoms with Crippen LogP contribution in [-0.4, -0.2) is 32.5 Å². The van der Waals surface area contributed by atoms with Crippen LogP contribution in [0, 0.1) is 0 Å². The van der Waals surface area contributed by atoms with Gasteiger partial charge in [-0.25, -0.2) is 4.79 Å². The van der Waals surface area contributed by atoms with Gasteiger partial charge in [0.2, 0.25) is 5.75 Å². The summed E-state index contributed by atoms with van der Waals surface area (Å²) in [5.74, 6) is 2.04. The van der Waals surface area contributed by atoms with Crippen molar-refractivity contribution in [1.82, 2.24) is 5.32 Å². The summed E-state index contributed by atoms with van der Waals surface area (Å²) in [6.45, 7) is 8.93. The summed E-state index contributed by atoms with van der Waals surface area (Å²) in [6, 6.07) is 31.0. The zero-order valence-electron chi connectivity index (χ0n) is 57.1. The molecule has 0 aliphatic heterocycles. The lowest BCUT2D eigenvalue weighted by Crippen LogP contribution is -2.31. The standard InChI is InChI=1S/C82H131NO5/c1-4-7-10-13-16-19-22-25-28-31-34-37-40-43-46-56-67-85-78-66-65-76(79(71-59-50-49-51-60-71)83-82(84)88-70-77-74-63-54-52-61-72(74)73-62-53-55-64-75(73)77)80(86-68-57-47-44-41-38-35-32-29-26-23-20-17-14-11-8-5-2)81(78)87-69-58-48-45-42-39-36-33-30-27-24-21-18-15-12-9-6-3/h49-55,59-66,77,79H,4-48,56-58,67-70H2,1-3H3,(H,83,84). The quantitative estimate of drug-likeness (QED) is 0.0446. The monoisotopic (exact) mass is 1210 g/mol. The third-order valence-corrected chi connectivity index (χ3v) is 18.9. The van der Waals surface area contributed by atoms with Crippen LogP contribution in [0.5, 0.6) is 17.2 Å². The summed E-state index contributed by atoms with van der Waals surface area (Å²) in [4.78, 5) is 14.4. The maximum atomic E-state index is 14.4. The largest absolute Gasteiger partial charge is 0.490 e. The Morgan fingerprint density at radius 1 is 0.341 bits per heavy atom. The minimum atomic E-state index is -0.551. The predicted octanol–water partition coefficient (Wildman–Crippen LogP) is 26.2. The lowest BCUT2D eigenvalue weighted by molar-refractivity contribution is 0.140. The summed E-state index contributed by atoms with van der Waals surface area (Å²) < 4.78 is 27.1. The molecule has 0 aromatic heterocycles. The van der Waals surface area contributed by atoms with E-state index in [4.69, 9.17) is 18.9 Å². The molecular formula is C82H131NO5. The van der Waals surface area contributed by atoms with Gasteiger partial charge in [0.25, 0.3) is 0 Å². The van der Waals surface area contributed by atoms with Gasteiger partial charge in [-0.3, -0.25) is 0 Å². The van der Waals surface area contributed by atoms with Crippen molar-refractivity contribution in [3.05, 3.63) is 113 Å². The number of benzene rings is 4. The predicted molar refractivity (Wildman–Crippen MR) is 378 cm³/mol. The van der Waals surface area contributed by atoms with E-state index in [0.29, 0.717) is 31.3 Å². The zero-order valence-corrected chi connectivity index (χ0v) is 57.1. The molecule has 5 rings (SSSR count). The fraction of sp³-hybridized carbons (Fsp3) is 0.695. The van der Waals surface area contributed by atoms with Crippen molar-refractivity contribution >= 4 is 6.09 Å². The molecule has 4 aromatic carbocycles. The van der Waals surface area contributed by atoms with E-state index in [1.165, 1.54) is 292 Å². The fourth-order valence-corrected chi connectivity index (χ4v) is 13.4. The number of hydrogen-bond acceptors (Lipinski definition) is 5. The van der Waals surface area contributed by atoms with E-state index in [9.17, 15) is 4.79 Å². The molecule has 0 saturated carbocycles.